The molecule has 0 radical (unpaired) electrons. The van der Waals surface area contributed by atoms with Gasteiger partial charge in [0, 0.05) is 23.8 Å². The zero-order valence-corrected chi connectivity index (χ0v) is 9.82. The highest BCUT2D eigenvalue weighted by atomic mass is 14.9. The smallest absolute Gasteiger partial charge is 0.0953 e. The summed E-state index contributed by atoms with van der Waals surface area (Å²) in [6, 6.07) is 7.91. The summed E-state index contributed by atoms with van der Waals surface area (Å²) in [5.74, 6) is 0.954. The SMILES string of the molecule is Nc1ccc(NCCC2CC2)c2ncccc12. The van der Waals surface area contributed by atoms with Crippen LogP contribution in [0.25, 0.3) is 10.9 Å². The molecule has 0 unspecified atom stereocenters. The van der Waals surface area contributed by atoms with E-state index in [0.29, 0.717) is 0 Å². The Morgan fingerprint density at radius 1 is 1.29 bits per heavy atom. The molecule has 1 heterocycles. The van der Waals surface area contributed by atoms with Crippen molar-refractivity contribution in [1.82, 2.24) is 4.98 Å². The average Bonchev–Trinajstić information content (AvgIpc) is 3.17. The Morgan fingerprint density at radius 2 is 2.18 bits per heavy atom. The van der Waals surface area contributed by atoms with Crippen LogP contribution in [0.15, 0.2) is 30.5 Å². The number of nitrogens with zero attached hydrogens (tertiary/aromatic N) is 1. The summed E-state index contributed by atoms with van der Waals surface area (Å²) >= 11 is 0. The Kier molecular flexibility index (Phi) is 2.59. The molecule has 1 aromatic carbocycles. The predicted octanol–water partition coefficient (Wildman–Crippen LogP) is 3.03. The number of nitrogens with two attached hydrogens (primary N) is 1. The lowest BCUT2D eigenvalue weighted by Crippen LogP contribution is -2.03. The zero-order chi connectivity index (χ0) is 11.7. The van der Waals surface area contributed by atoms with Crippen LogP contribution >= 0.6 is 0 Å². The van der Waals surface area contributed by atoms with Crippen LogP contribution in [-0.2, 0) is 0 Å². The molecule has 3 heteroatoms. The van der Waals surface area contributed by atoms with Gasteiger partial charge in [0.15, 0.2) is 0 Å². The van der Waals surface area contributed by atoms with Gasteiger partial charge in [-0.1, -0.05) is 12.8 Å². The standard InChI is InChI=1S/C14H17N3/c15-12-5-6-13(16-9-7-10-3-4-10)14-11(12)2-1-8-17-14/h1-2,5-6,8,10,16H,3-4,7,9,15H2. The highest BCUT2D eigenvalue weighted by Gasteiger charge is 2.20. The third-order valence-electron chi connectivity index (χ3n) is 3.37. The Bertz CT molecular complexity index is 532. The highest BCUT2D eigenvalue weighted by Crippen LogP contribution is 2.32. The molecule has 1 fully saturated rings. The van der Waals surface area contributed by atoms with Crippen LogP contribution in [-0.4, -0.2) is 11.5 Å². The molecule has 1 aliphatic rings. The maximum Gasteiger partial charge on any atom is 0.0953 e. The predicted molar refractivity (Wildman–Crippen MR) is 72.0 cm³/mol. The summed E-state index contributed by atoms with van der Waals surface area (Å²) in [7, 11) is 0. The number of benzene rings is 1. The molecule has 0 bridgehead atoms. The first-order valence-electron chi connectivity index (χ1n) is 6.21. The zero-order valence-electron chi connectivity index (χ0n) is 9.82. The van der Waals surface area contributed by atoms with Crippen molar-refractivity contribution in [3.8, 4) is 0 Å². The Morgan fingerprint density at radius 3 is 3.00 bits per heavy atom. The van der Waals surface area contributed by atoms with Crippen LogP contribution < -0.4 is 11.1 Å². The molecule has 0 atom stereocenters. The third-order valence-corrected chi connectivity index (χ3v) is 3.37. The van der Waals surface area contributed by atoms with Crippen molar-refractivity contribution in [2.45, 2.75) is 19.3 Å². The van der Waals surface area contributed by atoms with Gasteiger partial charge in [0.05, 0.1) is 11.2 Å². The van der Waals surface area contributed by atoms with Crippen molar-refractivity contribution in [2.24, 2.45) is 5.92 Å². The third kappa shape index (κ3) is 2.18. The van der Waals surface area contributed by atoms with E-state index in [9.17, 15) is 0 Å². The molecular formula is C14H17N3. The van der Waals surface area contributed by atoms with Crippen molar-refractivity contribution in [3.05, 3.63) is 30.5 Å². The van der Waals surface area contributed by atoms with Gasteiger partial charge in [-0.25, -0.2) is 0 Å². The van der Waals surface area contributed by atoms with Gasteiger partial charge in [0.1, 0.15) is 0 Å². The van der Waals surface area contributed by atoms with E-state index in [0.717, 1.165) is 34.7 Å². The quantitative estimate of drug-likeness (QED) is 0.789. The van der Waals surface area contributed by atoms with Crippen molar-refractivity contribution < 1.29 is 0 Å². The molecule has 1 saturated carbocycles. The first-order chi connectivity index (χ1) is 8.34. The number of nitrogens with one attached hydrogen (secondary N) is 1. The van der Waals surface area contributed by atoms with Crippen LogP contribution in [0.1, 0.15) is 19.3 Å². The minimum atomic E-state index is 0.792. The van der Waals surface area contributed by atoms with Crippen molar-refractivity contribution >= 4 is 22.3 Å². The van der Waals surface area contributed by atoms with E-state index < -0.39 is 0 Å². The molecule has 17 heavy (non-hydrogen) atoms. The van der Waals surface area contributed by atoms with Gasteiger partial charge in [0.25, 0.3) is 0 Å². The molecule has 3 N–H and O–H groups in total. The molecule has 2 aromatic rings. The normalized spacial score (nSPS) is 15.1. The van der Waals surface area contributed by atoms with Crippen LogP contribution in [0.3, 0.4) is 0 Å². The van der Waals surface area contributed by atoms with E-state index in [2.05, 4.69) is 10.3 Å². The summed E-state index contributed by atoms with van der Waals surface area (Å²) < 4.78 is 0. The fraction of sp³-hybridized carbons (Fsp3) is 0.357. The molecule has 0 aliphatic heterocycles. The van der Waals surface area contributed by atoms with Gasteiger partial charge in [-0.3, -0.25) is 4.98 Å². The van der Waals surface area contributed by atoms with E-state index >= 15 is 0 Å². The molecule has 3 nitrogen and oxygen atoms in total. The number of nitrogen functional groups attached to an aromatic ring is 1. The number of aromatic nitrogens is 1. The molecule has 0 amide bonds. The molecule has 1 aliphatic carbocycles. The van der Waals surface area contributed by atoms with Gasteiger partial charge in [-0.05, 0) is 36.6 Å². The Hall–Kier alpha value is -1.77. The molecule has 1 aromatic heterocycles. The van der Waals surface area contributed by atoms with Crippen molar-refractivity contribution in [3.63, 3.8) is 0 Å². The Balaban J connectivity index is 1.84. The molecule has 3 rings (SSSR count). The molecule has 88 valence electrons. The Labute approximate surface area is 101 Å². The largest absolute Gasteiger partial charge is 0.398 e. The van der Waals surface area contributed by atoms with Gasteiger partial charge in [-0.15, -0.1) is 0 Å². The summed E-state index contributed by atoms with van der Waals surface area (Å²) in [6.45, 7) is 1.03. The topological polar surface area (TPSA) is 50.9 Å². The number of rotatable bonds is 4. The fourth-order valence-corrected chi connectivity index (χ4v) is 2.15. The van der Waals surface area contributed by atoms with Crippen LogP contribution in [0.2, 0.25) is 0 Å². The molecule has 0 saturated heterocycles. The second kappa shape index (κ2) is 4.24. The van der Waals surface area contributed by atoms with E-state index in [1.165, 1.54) is 19.3 Å². The van der Waals surface area contributed by atoms with E-state index in [1.807, 2.05) is 30.5 Å². The van der Waals surface area contributed by atoms with Crippen molar-refractivity contribution in [2.75, 3.05) is 17.6 Å². The maximum atomic E-state index is 5.94. The number of fused-ring (bicyclic) bond motifs is 1. The second-order valence-corrected chi connectivity index (χ2v) is 4.76. The summed E-state index contributed by atoms with van der Waals surface area (Å²) in [5, 5.41) is 4.50. The van der Waals surface area contributed by atoms with E-state index in [-0.39, 0.29) is 0 Å². The molecule has 0 spiro atoms. The highest BCUT2D eigenvalue weighted by molar-refractivity contribution is 5.98. The van der Waals surface area contributed by atoms with E-state index in [1.54, 1.807) is 0 Å². The van der Waals surface area contributed by atoms with E-state index in [4.69, 9.17) is 5.73 Å². The van der Waals surface area contributed by atoms with Gasteiger partial charge < -0.3 is 11.1 Å². The maximum absolute atomic E-state index is 5.94. The number of anilines is 2. The number of hydrogen-bond acceptors (Lipinski definition) is 3. The van der Waals surface area contributed by atoms with Gasteiger partial charge >= 0.3 is 0 Å². The average molecular weight is 227 g/mol. The van der Waals surface area contributed by atoms with Gasteiger partial charge in [0.2, 0.25) is 0 Å². The monoisotopic (exact) mass is 227 g/mol. The minimum Gasteiger partial charge on any atom is -0.398 e. The summed E-state index contributed by atoms with van der Waals surface area (Å²) in [5.41, 5.74) is 8.80. The second-order valence-electron chi connectivity index (χ2n) is 4.76. The lowest BCUT2D eigenvalue weighted by molar-refractivity contribution is 0.760. The summed E-state index contributed by atoms with van der Waals surface area (Å²) in [4.78, 5) is 4.41. The van der Waals surface area contributed by atoms with Crippen LogP contribution in [0.4, 0.5) is 11.4 Å². The van der Waals surface area contributed by atoms with Crippen LogP contribution in [0, 0.1) is 5.92 Å². The first-order valence-corrected chi connectivity index (χ1v) is 6.21. The number of pyridine rings is 1. The summed E-state index contributed by atoms with van der Waals surface area (Å²) in [6.07, 6.45) is 5.89. The lowest BCUT2D eigenvalue weighted by Gasteiger charge is -2.10. The van der Waals surface area contributed by atoms with Crippen molar-refractivity contribution in [1.29, 1.82) is 0 Å². The van der Waals surface area contributed by atoms with Gasteiger partial charge in [-0.2, -0.15) is 0 Å². The molecular weight excluding hydrogens is 210 g/mol. The van der Waals surface area contributed by atoms with Crippen LogP contribution in [0.5, 0.6) is 0 Å². The first kappa shape index (κ1) is 10.4. The lowest BCUT2D eigenvalue weighted by atomic mass is 10.1. The fourth-order valence-electron chi connectivity index (χ4n) is 2.15. The minimum absolute atomic E-state index is 0.792. The number of hydrogen-bond donors (Lipinski definition) is 2.